The largest absolute Gasteiger partial charge is 0.416 e. The third-order valence-electron chi connectivity index (χ3n) is 3.92. The van der Waals surface area contributed by atoms with E-state index < -0.39 is 17.8 Å². The van der Waals surface area contributed by atoms with Gasteiger partial charge in [-0.15, -0.1) is 10.2 Å². The monoisotopic (exact) mass is 347 g/mol. The molecule has 25 heavy (non-hydrogen) atoms. The fraction of sp³-hybridized carbons (Fsp3) is 0.235. The van der Waals surface area contributed by atoms with E-state index in [9.17, 15) is 13.2 Å². The Morgan fingerprint density at radius 1 is 1.12 bits per heavy atom. The van der Waals surface area contributed by atoms with Gasteiger partial charge in [-0.05, 0) is 47.5 Å². The molecule has 8 heteroatoms. The molecule has 130 valence electrons. The van der Waals surface area contributed by atoms with E-state index in [0.717, 1.165) is 23.1 Å². The van der Waals surface area contributed by atoms with E-state index in [2.05, 4.69) is 20.7 Å². The Morgan fingerprint density at radius 2 is 1.92 bits per heavy atom. The number of nitrogens with two attached hydrogens (primary N) is 1. The van der Waals surface area contributed by atoms with E-state index >= 15 is 0 Å². The lowest BCUT2D eigenvalue weighted by Gasteiger charge is -2.17. The van der Waals surface area contributed by atoms with Crippen LogP contribution in [0.5, 0.6) is 0 Å². The zero-order chi connectivity index (χ0) is 18.0. The van der Waals surface area contributed by atoms with Crippen LogP contribution < -0.4 is 11.1 Å². The Morgan fingerprint density at radius 3 is 2.64 bits per heavy atom. The zero-order valence-electron chi connectivity index (χ0n) is 13.4. The smallest absolute Gasteiger partial charge is 0.361 e. The molecule has 5 nitrogen and oxygen atoms in total. The van der Waals surface area contributed by atoms with E-state index in [1.54, 1.807) is 19.1 Å². The molecule has 1 heterocycles. The van der Waals surface area contributed by atoms with Crippen molar-refractivity contribution in [1.29, 1.82) is 0 Å². The first-order chi connectivity index (χ1) is 11.9. The summed E-state index contributed by atoms with van der Waals surface area (Å²) in [5.74, 6) is 0.449. The van der Waals surface area contributed by atoms with Crippen LogP contribution in [-0.2, 0) is 12.7 Å². The van der Waals surface area contributed by atoms with Crippen molar-refractivity contribution in [2.75, 3.05) is 5.32 Å². The van der Waals surface area contributed by atoms with Gasteiger partial charge in [-0.3, -0.25) is 0 Å². The van der Waals surface area contributed by atoms with Gasteiger partial charge in [0.15, 0.2) is 5.82 Å². The highest BCUT2D eigenvalue weighted by Crippen LogP contribution is 2.31. The summed E-state index contributed by atoms with van der Waals surface area (Å²) < 4.78 is 38.7. The number of halogens is 3. The summed E-state index contributed by atoms with van der Waals surface area (Å²) in [5.41, 5.74) is 7.00. The molecule has 0 bridgehead atoms. The van der Waals surface area contributed by atoms with Gasteiger partial charge in [-0.2, -0.15) is 13.2 Å². The van der Waals surface area contributed by atoms with Gasteiger partial charge in [0.1, 0.15) is 0 Å². The number of nitrogens with one attached hydrogen (secondary N) is 1. The van der Waals surface area contributed by atoms with Crippen molar-refractivity contribution in [3.8, 4) is 0 Å². The molecule has 3 aromatic rings. The maximum Gasteiger partial charge on any atom is 0.416 e. The summed E-state index contributed by atoms with van der Waals surface area (Å²) in [4.78, 5) is 0. The lowest BCUT2D eigenvalue weighted by atomic mass is 10.0. The summed E-state index contributed by atoms with van der Waals surface area (Å²) in [6.45, 7) is 2.12. The fourth-order valence-electron chi connectivity index (χ4n) is 2.54. The Hall–Kier alpha value is -2.74. The van der Waals surface area contributed by atoms with Gasteiger partial charge in [0.05, 0.1) is 17.1 Å². The van der Waals surface area contributed by atoms with Crippen LogP contribution in [0.25, 0.3) is 10.9 Å². The molecule has 0 saturated heterocycles. The first-order valence-corrected chi connectivity index (χ1v) is 7.64. The minimum Gasteiger partial charge on any atom is -0.361 e. The maximum atomic E-state index is 12.9. The van der Waals surface area contributed by atoms with Crippen LogP contribution in [-0.4, -0.2) is 15.4 Å². The Labute approximate surface area is 142 Å². The number of hydrogen-bond donors (Lipinski definition) is 2. The molecule has 2 aromatic carbocycles. The average Bonchev–Trinajstić information content (AvgIpc) is 2.61. The average molecular weight is 347 g/mol. The van der Waals surface area contributed by atoms with Gasteiger partial charge in [0.25, 0.3) is 0 Å². The van der Waals surface area contributed by atoms with Crippen molar-refractivity contribution < 1.29 is 13.2 Å². The van der Waals surface area contributed by atoms with Crippen molar-refractivity contribution in [1.82, 2.24) is 15.4 Å². The summed E-state index contributed by atoms with van der Waals surface area (Å²) in [7, 11) is 0. The van der Waals surface area contributed by atoms with Crippen molar-refractivity contribution in [3.63, 3.8) is 0 Å². The second kappa shape index (κ2) is 6.64. The SMILES string of the molecule is C[C@@H](Nc1nnnc2ccc(CN)cc12)c1cccc(C(F)(F)F)c1. The van der Waals surface area contributed by atoms with Gasteiger partial charge in [-0.1, -0.05) is 18.2 Å². The van der Waals surface area contributed by atoms with Gasteiger partial charge < -0.3 is 11.1 Å². The van der Waals surface area contributed by atoms with Crippen LogP contribution in [0.2, 0.25) is 0 Å². The van der Waals surface area contributed by atoms with E-state index in [1.165, 1.54) is 6.07 Å². The molecule has 0 spiro atoms. The molecule has 0 aliphatic carbocycles. The normalized spacial score (nSPS) is 13.0. The van der Waals surface area contributed by atoms with Crippen molar-refractivity contribution >= 4 is 16.7 Å². The van der Waals surface area contributed by atoms with Crippen molar-refractivity contribution in [2.24, 2.45) is 5.73 Å². The highest BCUT2D eigenvalue weighted by Gasteiger charge is 2.30. The number of nitrogens with zero attached hydrogens (tertiary/aromatic N) is 3. The van der Waals surface area contributed by atoms with Crippen molar-refractivity contribution in [2.45, 2.75) is 25.7 Å². The molecule has 0 radical (unpaired) electrons. The number of rotatable bonds is 4. The zero-order valence-corrected chi connectivity index (χ0v) is 13.4. The second-order valence-electron chi connectivity index (χ2n) is 5.68. The maximum absolute atomic E-state index is 12.9. The first kappa shape index (κ1) is 17.1. The molecule has 3 rings (SSSR count). The van der Waals surface area contributed by atoms with Crippen molar-refractivity contribution in [3.05, 3.63) is 59.2 Å². The third-order valence-corrected chi connectivity index (χ3v) is 3.92. The Balaban J connectivity index is 1.93. The first-order valence-electron chi connectivity index (χ1n) is 7.64. The molecule has 3 N–H and O–H groups in total. The third kappa shape index (κ3) is 3.69. The predicted octanol–water partition coefficient (Wildman–Crippen LogP) is 3.68. The number of anilines is 1. The molecule has 0 fully saturated rings. The minimum atomic E-state index is -4.38. The van der Waals surface area contributed by atoms with Crippen LogP contribution >= 0.6 is 0 Å². The molecule has 0 aliphatic heterocycles. The number of fused-ring (bicyclic) bond motifs is 1. The van der Waals surface area contributed by atoms with Gasteiger partial charge in [0.2, 0.25) is 0 Å². The standard InChI is InChI=1S/C17H16F3N5/c1-10(12-3-2-4-13(8-12)17(18,19)20)22-16-14-7-11(9-21)5-6-15(14)23-25-24-16/h2-8,10H,9,21H2,1H3,(H,22,23,24)/t10-/m1/s1. The number of aromatic nitrogens is 3. The molecule has 0 saturated carbocycles. The molecule has 0 unspecified atom stereocenters. The molecule has 1 aromatic heterocycles. The van der Waals surface area contributed by atoms with Gasteiger partial charge >= 0.3 is 6.18 Å². The van der Waals surface area contributed by atoms with E-state index in [0.29, 0.717) is 23.4 Å². The highest BCUT2D eigenvalue weighted by molar-refractivity contribution is 5.89. The Bertz CT molecular complexity index is 895. The van der Waals surface area contributed by atoms with E-state index in [4.69, 9.17) is 5.73 Å². The van der Waals surface area contributed by atoms with Crippen LogP contribution in [0.4, 0.5) is 19.0 Å². The molecule has 1 atom stereocenters. The molecule has 0 amide bonds. The lowest BCUT2D eigenvalue weighted by Crippen LogP contribution is -2.12. The second-order valence-corrected chi connectivity index (χ2v) is 5.68. The molecular formula is C17H16F3N5. The van der Waals surface area contributed by atoms with E-state index in [1.807, 2.05) is 12.1 Å². The summed E-state index contributed by atoms with van der Waals surface area (Å²) >= 11 is 0. The topological polar surface area (TPSA) is 76.7 Å². The van der Waals surface area contributed by atoms with Crippen LogP contribution in [0.15, 0.2) is 42.5 Å². The number of benzene rings is 2. The number of alkyl halides is 3. The predicted molar refractivity (Wildman–Crippen MR) is 88.7 cm³/mol. The quantitative estimate of drug-likeness (QED) is 0.753. The summed E-state index contributed by atoms with van der Waals surface area (Å²) in [6.07, 6.45) is -4.38. The highest BCUT2D eigenvalue weighted by atomic mass is 19.4. The minimum absolute atomic E-state index is 0.362. The fourth-order valence-corrected chi connectivity index (χ4v) is 2.54. The van der Waals surface area contributed by atoms with Crippen LogP contribution in [0.3, 0.4) is 0 Å². The van der Waals surface area contributed by atoms with E-state index in [-0.39, 0.29) is 0 Å². The van der Waals surface area contributed by atoms with Gasteiger partial charge in [0, 0.05) is 11.9 Å². The molecule has 0 aliphatic rings. The molecular weight excluding hydrogens is 331 g/mol. The lowest BCUT2D eigenvalue weighted by molar-refractivity contribution is -0.137. The van der Waals surface area contributed by atoms with Crippen LogP contribution in [0.1, 0.15) is 29.7 Å². The summed E-state index contributed by atoms with van der Waals surface area (Å²) in [5, 5.41) is 15.5. The summed E-state index contributed by atoms with van der Waals surface area (Å²) in [6, 6.07) is 10.3. The van der Waals surface area contributed by atoms with Crippen LogP contribution in [0, 0.1) is 0 Å². The van der Waals surface area contributed by atoms with Gasteiger partial charge in [-0.25, -0.2) is 0 Å². The number of hydrogen-bond acceptors (Lipinski definition) is 5. The Kier molecular flexibility index (Phi) is 4.54.